The predicted octanol–water partition coefficient (Wildman–Crippen LogP) is 2.92. The second-order valence-electron chi connectivity index (χ2n) is 5.39. The largest absolute Gasteiger partial charge is 0.399 e. The van der Waals surface area contributed by atoms with Crippen LogP contribution in [0.5, 0.6) is 0 Å². The van der Waals surface area contributed by atoms with Crippen LogP contribution in [0.15, 0.2) is 12.1 Å². The molecule has 0 atom stereocenters. The van der Waals surface area contributed by atoms with Crippen molar-refractivity contribution in [3.8, 4) is 0 Å². The Morgan fingerprint density at radius 2 is 1.93 bits per heavy atom. The third-order valence-corrected chi connectivity index (χ3v) is 2.76. The molecule has 0 amide bonds. The van der Waals surface area contributed by atoms with Crippen molar-refractivity contribution in [3.63, 3.8) is 0 Å². The lowest BCUT2D eigenvalue weighted by Gasteiger charge is -2.20. The summed E-state index contributed by atoms with van der Waals surface area (Å²) in [5.74, 6) is 0. The van der Waals surface area contributed by atoms with Crippen LogP contribution in [0.25, 0.3) is 0 Å². The minimum atomic E-state index is -1.20. The van der Waals surface area contributed by atoms with Crippen LogP contribution >= 0.6 is 0 Å². The van der Waals surface area contributed by atoms with Gasteiger partial charge in [-0.3, -0.25) is 4.98 Å². The van der Waals surface area contributed by atoms with E-state index in [1.54, 1.807) is 6.07 Å². The average molecular weight is 208 g/mol. The summed E-state index contributed by atoms with van der Waals surface area (Å²) in [6, 6.07) is 3.48. The van der Waals surface area contributed by atoms with Gasteiger partial charge in [-0.25, -0.2) is 4.39 Å². The fraction of sp³-hybridized carbons (Fsp3) is 0.583. The van der Waals surface area contributed by atoms with E-state index in [2.05, 4.69) is 25.8 Å². The van der Waals surface area contributed by atoms with E-state index in [1.165, 1.54) is 0 Å². The summed E-state index contributed by atoms with van der Waals surface area (Å²) in [5.41, 5.74) is 6.46. The van der Waals surface area contributed by atoms with Crippen LogP contribution in [0.2, 0.25) is 0 Å². The highest BCUT2D eigenvalue weighted by atomic mass is 19.1. The first-order valence-electron chi connectivity index (χ1n) is 5.29. The lowest BCUT2D eigenvalue weighted by molar-refractivity contribution is 0.308. The Morgan fingerprint density at radius 3 is 2.40 bits per heavy atom. The summed E-state index contributed by atoms with van der Waals surface area (Å²) < 4.78 is 13.9. The van der Waals surface area contributed by atoms with Crippen LogP contribution in [0.3, 0.4) is 0 Å². The third kappa shape index (κ3) is 1.96. The minimum absolute atomic E-state index is 0.0879. The lowest BCUT2D eigenvalue weighted by Crippen LogP contribution is -2.16. The average Bonchev–Trinajstić information content (AvgIpc) is 2.82. The molecule has 3 heteroatoms. The monoisotopic (exact) mass is 208 g/mol. The number of anilines is 1. The molecule has 1 aromatic heterocycles. The van der Waals surface area contributed by atoms with Gasteiger partial charge in [-0.1, -0.05) is 20.8 Å². The Morgan fingerprint density at radius 1 is 1.33 bits per heavy atom. The summed E-state index contributed by atoms with van der Waals surface area (Å²) >= 11 is 0. The number of rotatable bonds is 1. The van der Waals surface area contributed by atoms with Gasteiger partial charge in [-0.05, 0) is 25.0 Å². The SMILES string of the molecule is CC(C)(C)c1cc(N)cc(C2(F)CC2)n1. The van der Waals surface area contributed by atoms with Crippen LogP contribution in [0, 0.1) is 0 Å². The number of nitrogens with zero attached hydrogens (tertiary/aromatic N) is 1. The van der Waals surface area contributed by atoms with E-state index in [1.807, 2.05) is 6.07 Å². The first-order chi connectivity index (χ1) is 6.81. The molecule has 0 bridgehead atoms. The third-order valence-electron chi connectivity index (χ3n) is 2.76. The zero-order valence-electron chi connectivity index (χ0n) is 9.47. The number of hydrogen-bond acceptors (Lipinski definition) is 2. The van der Waals surface area contributed by atoms with E-state index in [0.29, 0.717) is 24.2 Å². The van der Waals surface area contributed by atoms with Gasteiger partial charge in [-0.2, -0.15) is 0 Å². The second kappa shape index (κ2) is 2.94. The van der Waals surface area contributed by atoms with Crippen LogP contribution in [-0.4, -0.2) is 4.98 Å². The summed E-state index contributed by atoms with van der Waals surface area (Å²) in [6.45, 7) is 6.16. The lowest BCUT2D eigenvalue weighted by atomic mass is 9.91. The van der Waals surface area contributed by atoms with Gasteiger partial charge in [0.1, 0.15) is 0 Å². The van der Waals surface area contributed by atoms with Crippen LogP contribution < -0.4 is 5.73 Å². The van der Waals surface area contributed by atoms with E-state index >= 15 is 0 Å². The molecule has 15 heavy (non-hydrogen) atoms. The molecule has 1 aliphatic rings. The van der Waals surface area contributed by atoms with Gasteiger partial charge in [0.2, 0.25) is 0 Å². The van der Waals surface area contributed by atoms with Crippen molar-refractivity contribution in [1.29, 1.82) is 0 Å². The Kier molecular flexibility index (Phi) is 2.04. The molecule has 2 rings (SSSR count). The molecule has 0 saturated heterocycles. The van der Waals surface area contributed by atoms with E-state index < -0.39 is 5.67 Å². The maximum absolute atomic E-state index is 13.9. The van der Waals surface area contributed by atoms with Gasteiger partial charge < -0.3 is 5.73 Å². The first-order valence-corrected chi connectivity index (χ1v) is 5.29. The standard InChI is InChI=1S/C12H17FN2/c1-11(2,3)9-6-8(14)7-10(15-9)12(13)4-5-12/h6-7H,4-5H2,1-3H3,(H2,14,15). The van der Waals surface area contributed by atoms with Crippen molar-refractivity contribution in [1.82, 2.24) is 4.98 Å². The summed E-state index contributed by atoms with van der Waals surface area (Å²) in [5, 5.41) is 0. The molecule has 0 spiro atoms. The molecule has 1 fully saturated rings. The number of nitrogens with two attached hydrogens (primary N) is 1. The quantitative estimate of drug-likeness (QED) is 0.770. The Balaban J connectivity index is 2.46. The Labute approximate surface area is 89.7 Å². The molecule has 0 radical (unpaired) electrons. The molecule has 0 unspecified atom stereocenters. The first kappa shape index (κ1) is 10.4. The van der Waals surface area contributed by atoms with Crippen molar-refractivity contribution >= 4 is 5.69 Å². The molecular formula is C12H17FN2. The minimum Gasteiger partial charge on any atom is -0.399 e. The molecule has 1 saturated carbocycles. The summed E-state index contributed by atoms with van der Waals surface area (Å²) in [6.07, 6.45) is 1.15. The molecule has 0 aliphatic heterocycles. The smallest absolute Gasteiger partial charge is 0.153 e. The second-order valence-corrected chi connectivity index (χ2v) is 5.39. The van der Waals surface area contributed by atoms with Crippen LogP contribution in [-0.2, 0) is 11.1 Å². The van der Waals surface area contributed by atoms with Crippen molar-refractivity contribution in [2.24, 2.45) is 0 Å². The Bertz CT molecular complexity index is 366. The number of hydrogen-bond donors (Lipinski definition) is 1. The molecule has 82 valence electrons. The number of alkyl halides is 1. The molecular weight excluding hydrogens is 191 g/mol. The maximum Gasteiger partial charge on any atom is 0.153 e. The fourth-order valence-electron chi connectivity index (χ4n) is 1.53. The van der Waals surface area contributed by atoms with E-state index in [9.17, 15) is 4.39 Å². The van der Waals surface area contributed by atoms with Gasteiger partial charge in [0.15, 0.2) is 5.67 Å². The maximum atomic E-state index is 13.9. The van der Waals surface area contributed by atoms with E-state index in [4.69, 9.17) is 5.73 Å². The molecule has 1 aromatic rings. The molecule has 2 nitrogen and oxygen atoms in total. The van der Waals surface area contributed by atoms with Crippen molar-refractivity contribution < 1.29 is 4.39 Å². The van der Waals surface area contributed by atoms with Gasteiger partial charge in [0, 0.05) is 16.8 Å². The van der Waals surface area contributed by atoms with Crippen molar-refractivity contribution in [2.75, 3.05) is 5.73 Å². The highest BCUT2D eigenvalue weighted by molar-refractivity contribution is 5.44. The molecule has 2 N–H and O–H groups in total. The molecule has 0 aromatic carbocycles. The van der Waals surface area contributed by atoms with Crippen LogP contribution in [0.4, 0.5) is 10.1 Å². The Hall–Kier alpha value is -1.12. The number of aromatic nitrogens is 1. The topological polar surface area (TPSA) is 38.9 Å². The summed E-state index contributed by atoms with van der Waals surface area (Å²) in [7, 11) is 0. The van der Waals surface area contributed by atoms with Gasteiger partial charge in [0.25, 0.3) is 0 Å². The van der Waals surface area contributed by atoms with Gasteiger partial charge >= 0.3 is 0 Å². The number of halogens is 1. The van der Waals surface area contributed by atoms with Crippen LogP contribution in [0.1, 0.15) is 45.0 Å². The molecule has 1 heterocycles. The zero-order chi connectivity index (χ0) is 11.3. The highest BCUT2D eigenvalue weighted by Gasteiger charge is 2.46. The predicted molar refractivity (Wildman–Crippen MR) is 59.4 cm³/mol. The number of pyridine rings is 1. The normalized spacial score (nSPS) is 18.9. The van der Waals surface area contributed by atoms with E-state index in [-0.39, 0.29) is 5.41 Å². The van der Waals surface area contributed by atoms with Crippen molar-refractivity contribution in [2.45, 2.75) is 44.7 Å². The van der Waals surface area contributed by atoms with Gasteiger partial charge in [0.05, 0.1) is 5.69 Å². The highest BCUT2D eigenvalue weighted by Crippen LogP contribution is 2.49. The fourth-order valence-corrected chi connectivity index (χ4v) is 1.53. The van der Waals surface area contributed by atoms with Gasteiger partial charge in [-0.15, -0.1) is 0 Å². The molecule has 1 aliphatic carbocycles. The van der Waals surface area contributed by atoms with Crippen molar-refractivity contribution in [3.05, 3.63) is 23.5 Å². The number of nitrogen functional groups attached to an aromatic ring is 1. The van der Waals surface area contributed by atoms with E-state index in [0.717, 1.165) is 5.69 Å². The summed E-state index contributed by atoms with van der Waals surface area (Å²) in [4.78, 5) is 4.38. The zero-order valence-corrected chi connectivity index (χ0v) is 9.47.